The van der Waals surface area contributed by atoms with Gasteiger partial charge in [0.1, 0.15) is 0 Å². The molecule has 0 N–H and O–H groups in total. The van der Waals surface area contributed by atoms with Gasteiger partial charge in [-0.05, 0) is 19.8 Å². The lowest BCUT2D eigenvalue weighted by Gasteiger charge is -2.39. The Morgan fingerprint density at radius 3 is 2.53 bits per heavy atom. The highest BCUT2D eigenvalue weighted by atomic mass is 32.2. The number of hydrogen-bond acceptors (Lipinski definition) is 4. The third-order valence-corrected chi connectivity index (χ3v) is 5.90. The molecule has 0 amide bonds. The molecule has 2 aliphatic rings. The number of carbonyl (C=O) groups excluding carboxylic acids is 1. The molecule has 0 aromatic carbocycles. The number of ether oxygens (including phenoxy) is 1. The van der Waals surface area contributed by atoms with Crippen molar-refractivity contribution in [2.75, 3.05) is 6.26 Å². The van der Waals surface area contributed by atoms with Gasteiger partial charge in [-0.25, -0.2) is 8.42 Å². The number of Topliss-reactive ketones (excluding diaryl/α,β-unsaturated/α-hetero) is 1. The lowest BCUT2D eigenvalue weighted by atomic mass is 9.88. The zero-order chi connectivity index (χ0) is 11.4. The molecule has 86 valence electrons. The molecule has 2 saturated heterocycles. The van der Waals surface area contributed by atoms with Gasteiger partial charge in [0.05, 0.1) is 12.2 Å². The van der Waals surface area contributed by atoms with E-state index in [0.29, 0.717) is 6.42 Å². The van der Waals surface area contributed by atoms with Crippen molar-refractivity contribution in [3.8, 4) is 0 Å². The van der Waals surface area contributed by atoms with Crippen molar-refractivity contribution >= 4 is 15.6 Å². The number of hydrogen-bond donors (Lipinski definition) is 0. The fourth-order valence-electron chi connectivity index (χ4n) is 2.64. The van der Waals surface area contributed by atoms with Crippen LogP contribution in [0, 0.1) is 5.92 Å². The van der Waals surface area contributed by atoms with Gasteiger partial charge < -0.3 is 4.74 Å². The molecule has 0 aliphatic carbocycles. The average molecular weight is 232 g/mol. The van der Waals surface area contributed by atoms with Crippen LogP contribution in [0.1, 0.15) is 26.7 Å². The maximum absolute atomic E-state index is 12.1. The number of sulfone groups is 1. The van der Waals surface area contributed by atoms with E-state index in [9.17, 15) is 13.2 Å². The first-order valence-electron chi connectivity index (χ1n) is 5.18. The van der Waals surface area contributed by atoms with E-state index in [4.69, 9.17) is 4.74 Å². The van der Waals surface area contributed by atoms with E-state index in [0.717, 1.165) is 12.7 Å². The van der Waals surface area contributed by atoms with Crippen LogP contribution in [0.5, 0.6) is 0 Å². The van der Waals surface area contributed by atoms with Crippen molar-refractivity contribution in [2.24, 2.45) is 5.92 Å². The molecule has 15 heavy (non-hydrogen) atoms. The Morgan fingerprint density at radius 1 is 1.40 bits per heavy atom. The molecule has 4 atom stereocenters. The predicted octanol–water partition coefficient (Wildman–Crippen LogP) is 0.556. The number of ketones is 1. The van der Waals surface area contributed by atoms with Crippen molar-refractivity contribution in [1.29, 1.82) is 0 Å². The maximum atomic E-state index is 12.1. The van der Waals surface area contributed by atoms with Gasteiger partial charge in [-0.1, -0.05) is 6.92 Å². The van der Waals surface area contributed by atoms with Crippen LogP contribution in [0.25, 0.3) is 0 Å². The van der Waals surface area contributed by atoms with Gasteiger partial charge in [0.15, 0.2) is 20.4 Å². The number of carbonyl (C=O) groups is 1. The van der Waals surface area contributed by atoms with E-state index in [1.54, 1.807) is 6.92 Å². The van der Waals surface area contributed by atoms with Crippen LogP contribution >= 0.6 is 0 Å². The Labute approximate surface area is 89.9 Å². The molecule has 4 nitrogen and oxygen atoms in total. The summed E-state index contributed by atoms with van der Waals surface area (Å²) in [6, 6.07) is 0. The molecule has 0 radical (unpaired) electrons. The molecular formula is C10H16O4S. The van der Waals surface area contributed by atoms with Crippen molar-refractivity contribution in [2.45, 2.75) is 43.6 Å². The van der Waals surface area contributed by atoms with Crippen LogP contribution in [0.4, 0.5) is 0 Å². The first kappa shape index (κ1) is 11.1. The molecule has 2 bridgehead atoms. The Kier molecular flexibility index (Phi) is 2.25. The van der Waals surface area contributed by atoms with E-state index in [-0.39, 0.29) is 17.8 Å². The fraction of sp³-hybridized carbons (Fsp3) is 0.900. The van der Waals surface area contributed by atoms with Gasteiger partial charge in [-0.3, -0.25) is 4.79 Å². The highest BCUT2D eigenvalue weighted by molar-refractivity contribution is 7.93. The van der Waals surface area contributed by atoms with Gasteiger partial charge in [-0.15, -0.1) is 0 Å². The van der Waals surface area contributed by atoms with E-state index in [1.807, 2.05) is 0 Å². The summed E-state index contributed by atoms with van der Waals surface area (Å²) in [5.41, 5.74) is 0. The van der Waals surface area contributed by atoms with Crippen molar-refractivity contribution in [1.82, 2.24) is 0 Å². The predicted molar refractivity (Wildman–Crippen MR) is 55.3 cm³/mol. The van der Waals surface area contributed by atoms with Crippen molar-refractivity contribution < 1.29 is 17.9 Å². The molecular weight excluding hydrogens is 216 g/mol. The summed E-state index contributed by atoms with van der Waals surface area (Å²) < 4.78 is 27.8. The largest absolute Gasteiger partial charge is 0.372 e. The molecule has 2 rings (SSSR count). The first-order valence-corrected chi connectivity index (χ1v) is 7.07. The number of fused-ring (bicyclic) bond motifs is 2. The Balaban J connectivity index is 2.52. The van der Waals surface area contributed by atoms with Crippen LogP contribution < -0.4 is 0 Å². The minimum absolute atomic E-state index is 0.0719. The zero-order valence-corrected chi connectivity index (χ0v) is 10.0. The molecule has 5 heteroatoms. The van der Waals surface area contributed by atoms with Crippen LogP contribution in [0.15, 0.2) is 0 Å². The first-order chi connectivity index (χ1) is 6.78. The van der Waals surface area contributed by atoms with Crippen LogP contribution in [0.2, 0.25) is 0 Å². The summed E-state index contributed by atoms with van der Waals surface area (Å²) in [4.78, 5) is 12.1. The lowest BCUT2D eigenvalue weighted by Crippen LogP contribution is -2.59. The molecule has 0 unspecified atom stereocenters. The van der Waals surface area contributed by atoms with Crippen molar-refractivity contribution in [3.63, 3.8) is 0 Å². The summed E-state index contributed by atoms with van der Waals surface area (Å²) in [7, 11) is -3.42. The van der Waals surface area contributed by atoms with Crippen LogP contribution in [-0.2, 0) is 19.4 Å². The summed E-state index contributed by atoms with van der Waals surface area (Å²) in [6.45, 7) is 3.27. The highest BCUT2D eigenvalue weighted by Gasteiger charge is 2.59. The van der Waals surface area contributed by atoms with Gasteiger partial charge in [0.25, 0.3) is 0 Å². The average Bonchev–Trinajstić information content (AvgIpc) is 2.57. The smallest absolute Gasteiger partial charge is 0.162 e. The van der Waals surface area contributed by atoms with Gasteiger partial charge in [0, 0.05) is 12.2 Å². The van der Waals surface area contributed by atoms with Gasteiger partial charge in [0.2, 0.25) is 0 Å². The van der Waals surface area contributed by atoms with Gasteiger partial charge >= 0.3 is 0 Å². The van der Waals surface area contributed by atoms with Gasteiger partial charge in [-0.2, -0.15) is 0 Å². The minimum atomic E-state index is -3.42. The molecule has 2 aliphatic heterocycles. The zero-order valence-electron chi connectivity index (χ0n) is 9.19. The SMILES string of the molecule is C[C@H]1C(=O)[C@](C)(S(C)(=O)=O)[C@H]2CC[C@@H]1O2. The highest BCUT2D eigenvalue weighted by Crippen LogP contribution is 2.43. The van der Waals surface area contributed by atoms with E-state index in [2.05, 4.69) is 0 Å². The third kappa shape index (κ3) is 1.29. The Hall–Kier alpha value is -0.420. The fourth-order valence-corrected chi connectivity index (χ4v) is 3.84. The molecule has 0 saturated carbocycles. The second kappa shape index (κ2) is 3.04. The second-order valence-corrected chi connectivity index (χ2v) is 7.17. The minimum Gasteiger partial charge on any atom is -0.372 e. The molecule has 0 aromatic heterocycles. The molecule has 2 heterocycles. The van der Waals surface area contributed by atoms with Crippen molar-refractivity contribution in [3.05, 3.63) is 0 Å². The summed E-state index contributed by atoms with van der Waals surface area (Å²) >= 11 is 0. The van der Waals surface area contributed by atoms with Crippen LogP contribution in [0.3, 0.4) is 0 Å². The summed E-state index contributed by atoms with van der Waals surface area (Å²) in [5, 5.41) is 0. The third-order valence-electron chi connectivity index (χ3n) is 3.90. The lowest BCUT2D eigenvalue weighted by molar-refractivity contribution is -0.141. The summed E-state index contributed by atoms with van der Waals surface area (Å²) in [6.07, 6.45) is 2.07. The topological polar surface area (TPSA) is 60.4 Å². The summed E-state index contributed by atoms with van der Waals surface area (Å²) in [5.74, 6) is -0.479. The number of rotatable bonds is 1. The molecule has 0 spiro atoms. The van der Waals surface area contributed by atoms with E-state index in [1.165, 1.54) is 6.92 Å². The second-order valence-electron chi connectivity index (χ2n) is 4.77. The quantitative estimate of drug-likeness (QED) is 0.662. The maximum Gasteiger partial charge on any atom is 0.162 e. The van der Waals surface area contributed by atoms with E-state index < -0.39 is 20.7 Å². The Morgan fingerprint density at radius 2 is 2.00 bits per heavy atom. The standard InChI is InChI=1S/C10H16O4S/c1-6-7-4-5-8(14-7)10(2,9(6)11)15(3,12)13/h6-8H,4-5H2,1-3H3/t6-,7+,8-,10-/m1/s1. The normalized spacial score (nSPS) is 45.8. The van der Waals surface area contributed by atoms with E-state index >= 15 is 0 Å². The molecule has 2 fully saturated rings. The monoisotopic (exact) mass is 232 g/mol. The molecule has 0 aromatic rings. The van der Waals surface area contributed by atoms with Crippen LogP contribution in [-0.4, -0.2) is 37.4 Å². The Bertz CT molecular complexity index is 400.